The normalized spacial score (nSPS) is 13.7. The van der Waals surface area contributed by atoms with Crippen LogP contribution >= 0.6 is 0 Å². The number of rotatable bonds is 10. The lowest BCUT2D eigenvalue weighted by Gasteiger charge is -2.20. The van der Waals surface area contributed by atoms with Gasteiger partial charge in [-0.1, -0.05) is 32.4 Å². The summed E-state index contributed by atoms with van der Waals surface area (Å²) in [6, 6.07) is 4.56. The number of carboxylic acids is 1. The van der Waals surface area contributed by atoms with E-state index >= 15 is 0 Å². The summed E-state index contributed by atoms with van der Waals surface area (Å²) in [6.45, 7) is 4.67. The summed E-state index contributed by atoms with van der Waals surface area (Å²) in [5.41, 5.74) is 0.267. The van der Waals surface area contributed by atoms with E-state index < -0.39 is 27.9 Å². The zero-order valence-corrected chi connectivity index (χ0v) is 15.8. The average Bonchev–Trinajstić information content (AvgIpc) is 2.58. The van der Waals surface area contributed by atoms with Gasteiger partial charge in [-0.15, -0.1) is 0 Å². The second-order valence-corrected chi connectivity index (χ2v) is 7.77. The average molecular weight is 384 g/mol. The van der Waals surface area contributed by atoms with Crippen LogP contribution in [0.1, 0.15) is 44.0 Å². The van der Waals surface area contributed by atoms with Crippen molar-refractivity contribution in [3.8, 4) is 0 Å². The number of benzene rings is 1. The third-order valence-electron chi connectivity index (χ3n) is 3.99. The highest BCUT2D eigenvalue weighted by atomic mass is 32.2. The van der Waals surface area contributed by atoms with Crippen LogP contribution in [0.5, 0.6) is 0 Å². The second-order valence-electron chi connectivity index (χ2n) is 6.00. The Balaban J connectivity index is 2.66. The fourth-order valence-corrected chi connectivity index (χ4v) is 3.27. The van der Waals surface area contributed by atoms with Gasteiger partial charge in [-0.05, 0) is 25.0 Å². The maximum absolute atomic E-state index is 12.2. The molecule has 8 nitrogen and oxygen atoms in total. The van der Waals surface area contributed by atoms with Gasteiger partial charge in [-0.25, -0.2) is 17.9 Å². The smallest absolute Gasteiger partial charge is 0.326 e. The molecule has 0 fully saturated rings. The molecule has 1 aromatic carbocycles. The highest BCUT2D eigenvalue weighted by Crippen LogP contribution is 2.12. The molecule has 26 heavy (non-hydrogen) atoms. The van der Waals surface area contributed by atoms with Crippen LogP contribution in [0.4, 0.5) is 0 Å². The number of sulfonamides is 1. The molecule has 0 aliphatic carbocycles. The summed E-state index contributed by atoms with van der Waals surface area (Å²) >= 11 is 0. The van der Waals surface area contributed by atoms with Crippen molar-refractivity contribution in [2.75, 3.05) is 6.54 Å². The van der Waals surface area contributed by atoms with Crippen molar-refractivity contribution in [1.82, 2.24) is 10.0 Å². The summed E-state index contributed by atoms with van der Waals surface area (Å²) in [6.07, 6.45) is 0.377. The van der Waals surface area contributed by atoms with Gasteiger partial charge < -0.3 is 10.4 Å². The Bertz CT molecular complexity index is 775. The molecule has 0 saturated carbocycles. The number of carboxylic acid groups (broad SMARTS) is 1. The zero-order chi connectivity index (χ0) is 19.9. The van der Waals surface area contributed by atoms with Crippen LogP contribution in [0, 0.1) is 5.92 Å². The summed E-state index contributed by atoms with van der Waals surface area (Å²) in [7, 11) is -3.88. The Morgan fingerprint density at radius 1 is 1.23 bits per heavy atom. The van der Waals surface area contributed by atoms with E-state index in [4.69, 9.17) is 5.11 Å². The van der Waals surface area contributed by atoms with Gasteiger partial charge in [0.2, 0.25) is 15.9 Å². The quantitative estimate of drug-likeness (QED) is 0.519. The van der Waals surface area contributed by atoms with Crippen molar-refractivity contribution in [3.63, 3.8) is 0 Å². The first-order valence-corrected chi connectivity index (χ1v) is 9.69. The number of nitrogens with one attached hydrogen (secondary N) is 2. The topological polar surface area (TPSA) is 130 Å². The van der Waals surface area contributed by atoms with Gasteiger partial charge in [-0.3, -0.25) is 9.59 Å². The fraction of sp³-hybridized carbons (Fsp3) is 0.471. The molecule has 0 aliphatic rings. The lowest BCUT2D eigenvalue weighted by Crippen LogP contribution is -2.45. The Labute approximate surface area is 153 Å². The first kappa shape index (κ1) is 21.8. The van der Waals surface area contributed by atoms with Gasteiger partial charge in [0, 0.05) is 18.5 Å². The Morgan fingerprint density at radius 2 is 1.88 bits per heavy atom. The molecular formula is C17H24N2O6S. The van der Waals surface area contributed by atoms with E-state index in [9.17, 15) is 22.8 Å². The predicted molar refractivity (Wildman–Crippen MR) is 95.3 cm³/mol. The number of hydrogen-bond acceptors (Lipinski definition) is 5. The van der Waals surface area contributed by atoms with Crippen LogP contribution in [-0.2, 0) is 19.6 Å². The molecule has 144 valence electrons. The molecule has 0 unspecified atom stereocenters. The van der Waals surface area contributed by atoms with Gasteiger partial charge in [0.25, 0.3) is 0 Å². The highest BCUT2D eigenvalue weighted by molar-refractivity contribution is 7.89. The summed E-state index contributed by atoms with van der Waals surface area (Å²) in [5, 5.41) is 11.5. The molecule has 0 radical (unpaired) electrons. The second kappa shape index (κ2) is 9.44. The van der Waals surface area contributed by atoms with E-state index in [1.54, 1.807) is 6.92 Å². The molecule has 1 rings (SSSR count). The summed E-state index contributed by atoms with van der Waals surface area (Å²) in [4.78, 5) is 34.4. The maximum Gasteiger partial charge on any atom is 0.326 e. The van der Waals surface area contributed by atoms with E-state index in [-0.39, 0.29) is 35.1 Å². The van der Waals surface area contributed by atoms with E-state index in [1.165, 1.54) is 31.2 Å². The largest absolute Gasteiger partial charge is 0.480 e. The molecule has 0 aromatic heterocycles. The van der Waals surface area contributed by atoms with E-state index in [0.29, 0.717) is 6.42 Å². The van der Waals surface area contributed by atoms with Gasteiger partial charge in [0.15, 0.2) is 5.78 Å². The maximum atomic E-state index is 12.2. The third kappa shape index (κ3) is 6.23. The number of carbonyl (C=O) groups is 3. The van der Waals surface area contributed by atoms with Crippen molar-refractivity contribution in [2.24, 2.45) is 5.92 Å². The summed E-state index contributed by atoms with van der Waals surface area (Å²) < 4.78 is 26.7. The van der Waals surface area contributed by atoms with Crippen LogP contribution in [0.2, 0.25) is 0 Å². The number of Topliss-reactive ketones (excluding diaryl/α,β-unsaturated/α-hetero) is 1. The molecule has 0 saturated heterocycles. The van der Waals surface area contributed by atoms with Gasteiger partial charge >= 0.3 is 5.97 Å². The van der Waals surface area contributed by atoms with Crippen molar-refractivity contribution in [1.29, 1.82) is 0 Å². The lowest BCUT2D eigenvalue weighted by molar-refractivity contribution is -0.143. The third-order valence-corrected chi connectivity index (χ3v) is 5.45. The Morgan fingerprint density at radius 3 is 2.42 bits per heavy atom. The molecule has 0 bridgehead atoms. The number of aliphatic carboxylic acids is 1. The Kier molecular flexibility index (Phi) is 7.91. The molecule has 1 amide bonds. The molecule has 1 aromatic rings. The molecule has 9 heteroatoms. The van der Waals surface area contributed by atoms with E-state index in [2.05, 4.69) is 10.0 Å². The van der Waals surface area contributed by atoms with Crippen LogP contribution in [-0.4, -0.2) is 43.8 Å². The standard InChI is InChI=1S/C17H24N2O6S/c1-4-11(2)16(17(22)23)19-15(21)8-9-18-26(24,25)14-7-5-6-13(10-14)12(3)20/h5-7,10-11,16,18H,4,8-9H2,1-3H3,(H,19,21)(H,22,23)/t11-,16-/m0/s1. The number of amides is 1. The van der Waals surface area contributed by atoms with Crippen LogP contribution in [0.25, 0.3) is 0 Å². The molecule has 0 aliphatic heterocycles. The monoisotopic (exact) mass is 384 g/mol. The van der Waals surface area contributed by atoms with Crippen molar-refractivity contribution >= 4 is 27.7 Å². The van der Waals surface area contributed by atoms with Crippen LogP contribution in [0.15, 0.2) is 29.2 Å². The van der Waals surface area contributed by atoms with Crippen molar-refractivity contribution < 1.29 is 27.9 Å². The minimum absolute atomic E-state index is 0.0753. The number of ketones is 1. The fourth-order valence-electron chi connectivity index (χ4n) is 2.19. The molecular weight excluding hydrogens is 360 g/mol. The van der Waals surface area contributed by atoms with E-state index in [0.717, 1.165) is 0 Å². The van der Waals surface area contributed by atoms with Gasteiger partial charge in [0.1, 0.15) is 6.04 Å². The van der Waals surface area contributed by atoms with Crippen LogP contribution < -0.4 is 10.0 Å². The number of carbonyl (C=O) groups excluding carboxylic acids is 2. The van der Waals surface area contributed by atoms with Crippen LogP contribution in [0.3, 0.4) is 0 Å². The zero-order valence-electron chi connectivity index (χ0n) is 15.0. The van der Waals surface area contributed by atoms with E-state index in [1.807, 2.05) is 6.92 Å². The Hall–Kier alpha value is -2.26. The first-order valence-electron chi connectivity index (χ1n) is 8.21. The minimum atomic E-state index is -3.88. The molecule has 0 spiro atoms. The highest BCUT2D eigenvalue weighted by Gasteiger charge is 2.25. The van der Waals surface area contributed by atoms with Crippen molar-refractivity contribution in [3.05, 3.63) is 29.8 Å². The minimum Gasteiger partial charge on any atom is -0.480 e. The van der Waals surface area contributed by atoms with Gasteiger partial charge in [-0.2, -0.15) is 0 Å². The predicted octanol–water partition coefficient (Wildman–Crippen LogP) is 1.17. The van der Waals surface area contributed by atoms with Gasteiger partial charge in [0.05, 0.1) is 4.90 Å². The lowest BCUT2D eigenvalue weighted by atomic mass is 9.99. The summed E-state index contributed by atoms with van der Waals surface area (Å²) in [5.74, 6) is -2.19. The van der Waals surface area contributed by atoms with Crippen molar-refractivity contribution in [2.45, 2.75) is 44.6 Å². The molecule has 0 heterocycles. The first-order chi connectivity index (χ1) is 12.1. The molecule has 2 atom stereocenters. The number of hydrogen-bond donors (Lipinski definition) is 3. The molecule has 3 N–H and O–H groups in total. The SMILES string of the molecule is CC[C@H](C)[C@H](NC(=O)CCNS(=O)(=O)c1cccc(C(C)=O)c1)C(=O)O.